The van der Waals surface area contributed by atoms with Crippen LogP contribution in [0.1, 0.15) is 13.8 Å². The van der Waals surface area contributed by atoms with Gasteiger partial charge in [0, 0.05) is 0 Å². The van der Waals surface area contributed by atoms with Gasteiger partial charge in [0.25, 0.3) is 0 Å². The van der Waals surface area contributed by atoms with E-state index >= 15 is 0 Å². The highest BCUT2D eigenvalue weighted by Crippen LogP contribution is 1.91. The fourth-order valence-electron chi connectivity index (χ4n) is 0.433. The number of allylic oxidation sites excluding steroid dienone is 2. The lowest BCUT2D eigenvalue weighted by molar-refractivity contribution is 0.244. The Morgan fingerprint density at radius 2 is 2.20 bits per heavy atom. The molecule has 0 aliphatic carbocycles. The summed E-state index contributed by atoms with van der Waals surface area (Å²) in [7, 11) is 0. The molecule has 0 bridgehead atoms. The first-order valence-corrected chi connectivity index (χ1v) is 3.29. The standard InChI is InChI=1S/C8H14O2/c1-7(6-9)4-3-5-8(2)10/h3-5,8-10H,6H2,1-2H3/b5-3+,7-4+. The lowest BCUT2D eigenvalue weighted by Crippen LogP contribution is -1.91. The highest BCUT2D eigenvalue weighted by molar-refractivity contribution is 5.11. The van der Waals surface area contributed by atoms with Gasteiger partial charge in [-0.1, -0.05) is 18.2 Å². The first-order valence-electron chi connectivity index (χ1n) is 3.29. The maximum Gasteiger partial charge on any atom is 0.0695 e. The van der Waals surface area contributed by atoms with Crippen molar-refractivity contribution in [1.82, 2.24) is 0 Å². The molecule has 0 spiro atoms. The average molecular weight is 142 g/mol. The Bertz CT molecular complexity index is 134. The smallest absolute Gasteiger partial charge is 0.0695 e. The summed E-state index contributed by atoms with van der Waals surface area (Å²) >= 11 is 0. The number of aliphatic hydroxyl groups is 2. The van der Waals surface area contributed by atoms with Crippen molar-refractivity contribution in [2.45, 2.75) is 20.0 Å². The van der Waals surface area contributed by atoms with E-state index in [4.69, 9.17) is 10.2 Å². The molecule has 0 aliphatic rings. The summed E-state index contributed by atoms with van der Waals surface area (Å²) in [6, 6.07) is 0. The third-order valence-corrected chi connectivity index (χ3v) is 1.02. The molecule has 0 aromatic rings. The predicted octanol–water partition coefficient (Wildman–Crippen LogP) is 0.862. The summed E-state index contributed by atoms with van der Waals surface area (Å²) in [6.45, 7) is 3.58. The second kappa shape index (κ2) is 5.21. The van der Waals surface area contributed by atoms with Crippen LogP contribution in [0.2, 0.25) is 0 Å². The van der Waals surface area contributed by atoms with E-state index < -0.39 is 6.10 Å². The molecule has 10 heavy (non-hydrogen) atoms. The summed E-state index contributed by atoms with van der Waals surface area (Å²) < 4.78 is 0. The van der Waals surface area contributed by atoms with Gasteiger partial charge in [-0.3, -0.25) is 0 Å². The minimum absolute atomic E-state index is 0.0736. The van der Waals surface area contributed by atoms with Gasteiger partial charge in [-0.15, -0.1) is 0 Å². The van der Waals surface area contributed by atoms with Gasteiger partial charge in [-0.05, 0) is 19.4 Å². The van der Waals surface area contributed by atoms with Gasteiger partial charge in [-0.2, -0.15) is 0 Å². The van der Waals surface area contributed by atoms with Gasteiger partial charge < -0.3 is 10.2 Å². The van der Waals surface area contributed by atoms with E-state index in [1.165, 1.54) is 0 Å². The zero-order valence-corrected chi connectivity index (χ0v) is 6.41. The van der Waals surface area contributed by atoms with Crippen LogP contribution in [0.25, 0.3) is 0 Å². The molecule has 1 unspecified atom stereocenters. The van der Waals surface area contributed by atoms with Crippen molar-refractivity contribution in [1.29, 1.82) is 0 Å². The zero-order valence-electron chi connectivity index (χ0n) is 6.41. The van der Waals surface area contributed by atoms with Gasteiger partial charge >= 0.3 is 0 Å². The first kappa shape index (κ1) is 9.40. The highest BCUT2D eigenvalue weighted by atomic mass is 16.3. The SMILES string of the molecule is C/C(=C\C=C\C(C)O)CO. The first-order chi connectivity index (χ1) is 4.66. The second-order valence-corrected chi connectivity index (χ2v) is 2.30. The number of hydrogen-bond acceptors (Lipinski definition) is 2. The predicted molar refractivity (Wildman–Crippen MR) is 41.7 cm³/mol. The van der Waals surface area contributed by atoms with Crippen molar-refractivity contribution in [2.24, 2.45) is 0 Å². The van der Waals surface area contributed by atoms with Crippen LogP contribution in [-0.4, -0.2) is 22.9 Å². The zero-order chi connectivity index (χ0) is 7.98. The largest absolute Gasteiger partial charge is 0.392 e. The Balaban J connectivity index is 3.70. The molecule has 0 saturated carbocycles. The van der Waals surface area contributed by atoms with Gasteiger partial charge in [0.1, 0.15) is 0 Å². The summed E-state index contributed by atoms with van der Waals surface area (Å²) in [6.07, 6.45) is 4.74. The average Bonchev–Trinajstić information content (AvgIpc) is 1.87. The Hall–Kier alpha value is -0.600. The Kier molecular flexibility index (Phi) is 4.89. The van der Waals surface area contributed by atoms with Gasteiger partial charge in [-0.25, -0.2) is 0 Å². The molecule has 2 N–H and O–H groups in total. The number of hydrogen-bond donors (Lipinski definition) is 2. The summed E-state index contributed by atoms with van der Waals surface area (Å²) in [5.74, 6) is 0. The van der Waals surface area contributed by atoms with E-state index in [2.05, 4.69) is 0 Å². The third kappa shape index (κ3) is 5.54. The molecule has 0 amide bonds. The van der Waals surface area contributed by atoms with Crippen LogP contribution in [-0.2, 0) is 0 Å². The lowest BCUT2D eigenvalue weighted by Gasteiger charge is -1.91. The second-order valence-electron chi connectivity index (χ2n) is 2.30. The van der Waals surface area contributed by atoms with Gasteiger partial charge in [0.15, 0.2) is 0 Å². The van der Waals surface area contributed by atoms with Crippen molar-refractivity contribution < 1.29 is 10.2 Å². The molecule has 0 aromatic heterocycles. The van der Waals surface area contributed by atoms with E-state index in [0.717, 1.165) is 5.57 Å². The maximum atomic E-state index is 8.76. The molecule has 0 fully saturated rings. The highest BCUT2D eigenvalue weighted by Gasteiger charge is 1.83. The molecule has 58 valence electrons. The molecule has 0 aliphatic heterocycles. The van der Waals surface area contributed by atoms with Crippen molar-refractivity contribution >= 4 is 0 Å². The van der Waals surface area contributed by atoms with Gasteiger partial charge in [0.05, 0.1) is 12.7 Å². The van der Waals surface area contributed by atoms with Crippen LogP contribution in [0, 0.1) is 0 Å². The summed E-state index contributed by atoms with van der Waals surface area (Å²) in [4.78, 5) is 0. The Morgan fingerprint density at radius 1 is 1.60 bits per heavy atom. The third-order valence-electron chi connectivity index (χ3n) is 1.02. The molecule has 2 nitrogen and oxygen atoms in total. The monoisotopic (exact) mass is 142 g/mol. The summed E-state index contributed by atoms with van der Waals surface area (Å²) in [5.41, 5.74) is 0.886. The van der Waals surface area contributed by atoms with Crippen molar-refractivity contribution in [3.8, 4) is 0 Å². The molecule has 0 radical (unpaired) electrons. The van der Waals surface area contributed by atoms with Crippen LogP contribution < -0.4 is 0 Å². The van der Waals surface area contributed by atoms with Crippen LogP contribution in [0.3, 0.4) is 0 Å². The Labute approximate surface area is 61.5 Å². The van der Waals surface area contributed by atoms with E-state index in [0.29, 0.717) is 0 Å². The fourth-order valence-corrected chi connectivity index (χ4v) is 0.433. The number of aliphatic hydroxyl groups excluding tert-OH is 2. The Morgan fingerprint density at radius 3 is 2.60 bits per heavy atom. The lowest BCUT2D eigenvalue weighted by atomic mass is 10.2. The number of rotatable bonds is 3. The van der Waals surface area contributed by atoms with E-state index in [9.17, 15) is 0 Å². The minimum atomic E-state index is -0.414. The van der Waals surface area contributed by atoms with Gasteiger partial charge in [0.2, 0.25) is 0 Å². The summed E-state index contributed by atoms with van der Waals surface area (Å²) in [5, 5.41) is 17.3. The molecular weight excluding hydrogens is 128 g/mol. The molecule has 0 aromatic carbocycles. The van der Waals surface area contributed by atoms with Crippen molar-refractivity contribution in [3.05, 3.63) is 23.8 Å². The molecular formula is C8H14O2. The topological polar surface area (TPSA) is 40.5 Å². The maximum absolute atomic E-state index is 8.76. The van der Waals surface area contributed by atoms with Crippen LogP contribution in [0.15, 0.2) is 23.8 Å². The van der Waals surface area contributed by atoms with E-state index in [1.807, 2.05) is 6.92 Å². The van der Waals surface area contributed by atoms with Crippen LogP contribution in [0.4, 0.5) is 0 Å². The van der Waals surface area contributed by atoms with Crippen molar-refractivity contribution in [3.63, 3.8) is 0 Å². The van der Waals surface area contributed by atoms with Crippen LogP contribution >= 0.6 is 0 Å². The molecule has 1 atom stereocenters. The van der Waals surface area contributed by atoms with E-state index in [1.54, 1.807) is 25.2 Å². The van der Waals surface area contributed by atoms with E-state index in [-0.39, 0.29) is 6.61 Å². The molecule has 0 heterocycles. The minimum Gasteiger partial charge on any atom is -0.392 e. The van der Waals surface area contributed by atoms with Crippen LogP contribution in [0.5, 0.6) is 0 Å². The molecule has 0 rings (SSSR count). The molecule has 0 saturated heterocycles. The van der Waals surface area contributed by atoms with Crippen molar-refractivity contribution in [2.75, 3.05) is 6.61 Å². The molecule has 2 heteroatoms. The normalized spacial score (nSPS) is 16.2. The quantitative estimate of drug-likeness (QED) is 0.574. The fraction of sp³-hybridized carbons (Fsp3) is 0.500.